The molecule has 0 aromatic heterocycles. The lowest BCUT2D eigenvalue weighted by molar-refractivity contribution is -0.157. The highest BCUT2D eigenvalue weighted by molar-refractivity contribution is 5.77. The summed E-state index contributed by atoms with van der Waals surface area (Å²) in [6.07, 6.45) is 8.83. The van der Waals surface area contributed by atoms with Crippen LogP contribution in [0.4, 0.5) is 0 Å². The van der Waals surface area contributed by atoms with E-state index in [1.807, 2.05) is 34.6 Å². The number of carbonyl (C=O) groups excluding carboxylic acids is 2. The molecule has 4 nitrogen and oxygen atoms in total. The van der Waals surface area contributed by atoms with Crippen LogP contribution >= 0.6 is 0 Å². The Morgan fingerprint density at radius 1 is 1.08 bits per heavy atom. The van der Waals surface area contributed by atoms with Crippen molar-refractivity contribution in [3.8, 4) is 0 Å². The zero-order valence-electron chi connectivity index (χ0n) is 17.4. The number of hydrogen-bond acceptors (Lipinski definition) is 4. The van der Waals surface area contributed by atoms with Gasteiger partial charge in [-0.3, -0.25) is 9.59 Å². The minimum Gasteiger partial charge on any atom is -0.469 e. The number of carbonyl (C=O) groups is 2. The Morgan fingerprint density at radius 3 is 2.15 bits per heavy atom. The molecule has 26 heavy (non-hydrogen) atoms. The fourth-order valence-electron chi connectivity index (χ4n) is 5.69. The SMILES string of the molecule is COC(=O)C(C)(C)C(C)(C)C.O=C1OC2(CCCC2)C2C3CCC(C3)C12. The molecule has 0 radical (unpaired) electrons. The van der Waals surface area contributed by atoms with Gasteiger partial charge >= 0.3 is 11.9 Å². The standard InChI is InChI=1S/C13H18O2.C9H18O2/c14-12-10-8-3-4-9(7-8)11(10)13(15-12)5-1-2-6-13;1-8(2,3)9(4,5)7(10)11-6/h8-11H,1-7H2;1-6H3. The van der Waals surface area contributed by atoms with E-state index in [0.29, 0.717) is 17.8 Å². The molecule has 2 bridgehead atoms. The van der Waals surface area contributed by atoms with Crippen molar-refractivity contribution in [3.63, 3.8) is 0 Å². The van der Waals surface area contributed by atoms with Crippen molar-refractivity contribution in [2.24, 2.45) is 34.5 Å². The zero-order valence-corrected chi connectivity index (χ0v) is 17.4. The van der Waals surface area contributed by atoms with Crippen LogP contribution in [-0.2, 0) is 19.1 Å². The lowest BCUT2D eigenvalue weighted by atomic mass is 9.69. The van der Waals surface area contributed by atoms with Crippen molar-refractivity contribution in [2.45, 2.75) is 85.2 Å². The average Bonchev–Trinajstić information content (AvgIpc) is 3.32. The summed E-state index contributed by atoms with van der Waals surface area (Å²) in [5, 5.41) is 0. The van der Waals surface area contributed by atoms with Crippen molar-refractivity contribution >= 4 is 11.9 Å². The van der Waals surface area contributed by atoms with Gasteiger partial charge in [0, 0.05) is 5.92 Å². The molecule has 0 amide bonds. The number of hydrogen-bond donors (Lipinski definition) is 0. The molecule has 4 fully saturated rings. The lowest BCUT2D eigenvalue weighted by Gasteiger charge is -2.35. The summed E-state index contributed by atoms with van der Waals surface area (Å²) in [6, 6.07) is 0. The van der Waals surface area contributed by atoms with E-state index in [2.05, 4.69) is 0 Å². The molecule has 3 saturated carbocycles. The van der Waals surface area contributed by atoms with E-state index in [0.717, 1.165) is 18.8 Å². The summed E-state index contributed by atoms with van der Waals surface area (Å²) >= 11 is 0. The molecule has 4 heteroatoms. The monoisotopic (exact) mass is 364 g/mol. The second-order valence-corrected chi connectivity index (χ2v) is 10.4. The minimum atomic E-state index is -0.415. The largest absolute Gasteiger partial charge is 0.469 e. The number of fused-ring (bicyclic) bond motifs is 6. The summed E-state index contributed by atoms with van der Waals surface area (Å²) in [7, 11) is 1.43. The maximum atomic E-state index is 12.0. The highest BCUT2D eigenvalue weighted by Gasteiger charge is 2.65. The summed E-state index contributed by atoms with van der Waals surface area (Å²) in [5.74, 6) is 2.45. The second kappa shape index (κ2) is 6.53. The van der Waals surface area contributed by atoms with Crippen LogP contribution < -0.4 is 0 Å². The molecule has 4 aliphatic rings. The predicted molar refractivity (Wildman–Crippen MR) is 100 cm³/mol. The molecular weight excluding hydrogens is 328 g/mol. The van der Waals surface area contributed by atoms with Crippen molar-refractivity contribution in [1.29, 1.82) is 0 Å². The first-order chi connectivity index (χ1) is 12.0. The normalized spacial score (nSPS) is 34.3. The van der Waals surface area contributed by atoms with Crippen molar-refractivity contribution < 1.29 is 19.1 Å². The maximum absolute atomic E-state index is 12.0. The molecule has 4 rings (SSSR count). The van der Waals surface area contributed by atoms with Gasteiger partial charge in [-0.25, -0.2) is 0 Å². The maximum Gasteiger partial charge on any atom is 0.311 e. The molecule has 1 spiro atoms. The Kier molecular flexibility index (Phi) is 4.94. The van der Waals surface area contributed by atoms with Gasteiger partial charge in [0.05, 0.1) is 18.4 Å². The van der Waals surface area contributed by atoms with E-state index in [1.54, 1.807) is 0 Å². The highest BCUT2D eigenvalue weighted by Crippen LogP contribution is 2.63. The van der Waals surface area contributed by atoms with Gasteiger partial charge in [-0.1, -0.05) is 20.8 Å². The first-order valence-corrected chi connectivity index (χ1v) is 10.3. The molecule has 0 aromatic rings. The zero-order chi connectivity index (χ0) is 19.3. The van der Waals surface area contributed by atoms with Gasteiger partial charge in [0.1, 0.15) is 5.60 Å². The third kappa shape index (κ3) is 2.97. The fourth-order valence-corrected chi connectivity index (χ4v) is 5.69. The molecule has 1 aliphatic heterocycles. The summed E-state index contributed by atoms with van der Waals surface area (Å²) in [6.45, 7) is 9.90. The van der Waals surface area contributed by atoms with Crippen LogP contribution in [0, 0.1) is 34.5 Å². The van der Waals surface area contributed by atoms with Crippen LogP contribution in [0.15, 0.2) is 0 Å². The quantitative estimate of drug-likeness (QED) is 0.630. The van der Waals surface area contributed by atoms with Crippen LogP contribution in [0.3, 0.4) is 0 Å². The highest BCUT2D eigenvalue weighted by atomic mass is 16.6. The minimum absolute atomic E-state index is 0.0155. The number of ether oxygens (including phenoxy) is 2. The van der Waals surface area contributed by atoms with Gasteiger partial charge in [0.2, 0.25) is 0 Å². The second-order valence-electron chi connectivity index (χ2n) is 10.4. The first kappa shape index (κ1) is 19.7. The van der Waals surface area contributed by atoms with E-state index in [1.165, 1.54) is 39.2 Å². The van der Waals surface area contributed by atoms with Gasteiger partial charge in [-0.05, 0) is 76.0 Å². The lowest BCUT2D eigenvalue weighted by Crippen LogP contribution is -2.38. The third-order valence-electron chi connectivity index (χ3n) is 8.12. The van der Waals surface area contributed by atoms with Gasteiger partial charge in [-0.2, -0.15) is 0 Å². The van der Waals surface area contributed by atoms with Crippen molar-refractivity contribution in [1.82, 2.24) is 0 Å². The fraction of sp³-hybridized carbons (Fsp3) is 0.909. The Hall–Kier alpha value is -1.06. The molecule has 1 heterocycles. The first-order valence-electron chi connectivity index (χ1n) is 10.3. The van der Waals surface area contributed by atoms with E-state index < -0.39 is 5.41 Å². The molecule has 1 saturated heterocycles. The van der Waals surface area contributed by atoms with E-state index in [9.17, 15) is 9.59 Å². The smallest absolute Gasteiger partial charge is 0.311 e. The number of methoxy groups -OCH3 is 1. The van der Waals surface area contributed by atoms with Crippen LogP contribution in [0.25, 0.3) is 0 Å². The Balaban J connectivity index is 0.000000161. The van der Waals surface area contributed by atoms with Gasteiger partial charge in [-0.15, -0.1) is 0 Å². The summed E-state index contributed by atoms with van der Waals surface area (Å²) < 4.78 is 10.5. The number of esters is 2. The van der Waals surface area contributed by atoms with Crippen molar-refractivity contribution in [2.75, 3.05) is 7.11 Å². The molecule has 4 atom stereocenters. The molecule has 4 unspecified atom stereocenters. The summed E-state index contributed by atoms with van der Waals surface area (Å²) in [4.78, 5) is 23.2. The van der Waals surface area contributed by atoms with Gasteiger partial charge in [0.15, 0.2) is 0 Å². The van der Waals surface area contributed by atoms with E-state index >= 15 is 0 Å². The summed E-state index contributed by atoms with van der Waals surface area (Å²) in [5.41, 5.74) is -0.455. The molecule has 0 aromatic carbocycles. The number of rotatable bonds is 1. The molecular formula is C22H36O4. The Morgan fingerprint density at radius 2 is 1.65 bits per heavy atom. The van der Waals surface area contributed by atoms with Crippen molar-refractivity contribution in [3.05, 3.63) is 0 Å². The predicted octanol–water partition coefficient (Wildman–Crippen LogP) is 4.75. The van der Waals surface area contributed by atoms with Gasteiger partial charge < -0.3 is 9.47 Å². The Labute approximate surface area is 158 Å². The molecule has 0 N–H and O–H groups in total. The van der Waals surface area contributed by atoms with Crippen LogP contribution in [-0.4, -0.2) is 24.6 Å². The van der Waals surface area contributed by atoms with E-state index in [4.69, 9.17) is 9.47 Å². The van der Waals surface area contributed by atoms with Crippen LogP contribution in [0.5, 0.6) is 0 Å². The molecule has 148 valence electrons. The van der Waals surface area contributed by atoms with E-state index in [-0.39, 0.29) is 23.0 Å². The van der Waals surface area contributed by atoms with Crippen LogP contribution in [0.2, 0.25) is 0 Å². The topological polar surface area (TPSA) is 52.6 Å². The Bertz CT molecular complexity index is 565. The van der Waals surface area contributed by atoms with Crippen LogP contribution in [0.1, 0.15) is 79.6 Å². The molecule has 3 aliphatic carbocycles. The van der Waals surface area contributed by atoms with Gasteiger partial charge in [0.25, 0.3) is 0 Å². The average molecular weight is 365 g/mol. The third-order valence-corrected chi connectivity index (χ3v) is 8.12.